The number of ether oxygens (including phenoxy) is 1. The fourth-order valence-corrected chi connectivity index (χ4v) is 1.65. The van der Waals surface area contributed by atoms with Crippen molar-refractivity contribution < 1.29 is 14.3 Å². The Bertz CT molecular complexity index is 395. The predicted octanol–water partition coefficient (Wildman–Crippen LogP) is -0.126. The molecular formula is C12H17BN2O3. The molecule has 0 fully saturated rings. The lowest BCUT2D eigenvalue weighted by Crippen LogP contribution is -2.37. The molecule has 0 heterocycles. The molecule has 0 aliphatic heterocycles. The van der Waals surface area contributed by atoms with Gasteiger partial charge in [0.1, 0.15) is 0 Å². The average Bonchev–Trinajstić information content (AvgIpc) is 2.38. The zero-order valence-electron chi connectivity index (χ0n) is 10.4. The number of methoxy groups -OCH3 is 1. The van der Waals surface area contributed by atoms with Crippen LogP contribution >= 0.6 is 0 Å². The van der Waals surface area contributed by atoms with E-state index in [1.54, 1.807) is 0 Å². The maximum atomic E-state index is 11.3. The first-order valence-electron chi connectivity index (χ1n) is 5.74. The van der Waals surface area contributed by atoms with Crippen LogP contribution in [0.3, 0.4) is 0 Å². The summed E-state index contributed by atoms with van der Waals surface area (Å²) in [6.07, 6.45) is 1.64. The van der Waals surface area contributed by atoms with Crippen LogP contribution in [-0.2, 0) is 20.7 Å². The van der Waals surface area contributed by atoms with E-state index in [1.807, 2.05) is 24.3 Å². The molecule has 0 amide bonds. The van der Waals surface area contributed by atoms with Gasteiger partial charge in [-0.2, -0.15) is 0 Å². The highest BCUT2D eigenvalue weighted by molar-refractivity contribution is 6.64. The van der Waals surface area contributed by atoms with E-state index >= 15 is 0 Å². The van der Waals surface area contributed by atoms with Crippen LogP contribution in [0.1, 0.15) is 12.0 Å². The van der Waals surface area contributed by atoms with E-state index in [0.717, 1.165) is 11.7 Å². The Morgan fingerprint density at radius 2 is 2.17 bits per heavy atom. The molecule has 1 atom stereocenters. The lowest BCUT2D eigenvalue weighted by Gasteiger charge is -2.16. The summed E-state index contributed by atoms with van der Waals surface area (Å²) in [5.41, 5.74) is 7.35. The van der Waals surface area contributed by atoms with Crippen LogP contribution in [0.2, 0.25) is 0 Å². The van der Waals surface area contributed by atoms with E-state index < -0.39 is 0 Å². The Balaban J connectivity index is 2.61. The molecule has 0 aromatic heterocycles. The first-order valence-corrected chi connectivity index (χ1v) is 5.74. The number of hydrogen-bond acceptors (Lipinski definition) is 5. The molecule has 5 nitrogen and oxygen atoms in total. The van der Waals surface area contributed by atoms with Gasteiger partial charge in [-0.25, -0.2) is 0 Å². The van der Waals surface area contributed by atoms with Crippen molar-refractivity contribution in [2.45, 2.75) is 18.9 Å². The zero-order valence-corrected chi connectivity index (χ0v) is 10.4. The molecule has 18 heavy (non-hydrogen) atoms. The van der Waals surface area contributed by atoms with Crippen LogP contribution < -0.4 is 11.0 Å². The average molecular weight is 248 g/mol. The second-order valence-electron chi connectivity index (χ2n) is 4.00. The van der Waals surface area contributed by atoms with Gasteiger partial charge in [-0.1, -0.05) is 12.1 Å². The summed E-state index contributed by atoms with van der Waals surface area (Å²) in [7, 11) is 1.57. The number of carbonyl (C=O) groups excluding carboxylic acids is 2. The Hall–Kier alpha value is -1.82. The third kappa shape index (κ3) is 5.01. The van der Waals surface area contributed by atoms with Crippen molar-refractivity contribution in [3.63, 3.8) is 0 Å². The van der Waals surface area contributed by atoms with Crippen molar-refractivity contribution in [1.82, 2.24) is 5.23 Å². The van der Waals surface area contributed by atoms with E-state index in [4.69, 9.17) is 5.73 Å². The SMILES string of the molecule is COC(=O)C[C@H](Cc1ccc(N)cc1)NBC=O. The third-order valence-electron chi connectivity index (χ3n) is 2.59. The van der Waals surface area contributed by atoms with Gasteiger partial charge in [-0.3, -0.25) is 4.79 Å². The minimum atomic E-state index is -0.297. The highest BCUT2D eigenvalue weighted by Crippen LogP contribution is 2.09. The van der Waals surface area contributed by atoms with Crippen molar-refractivity contribution in [3.05, 3.63) is 29.8 Å². The van der Waals surface area contributed by atoms with Crippen LogP contribution in [0.5, 0.6) is 0 Å². The van der Waals surface area contributed by atoms with Gasteiger partial charge in [0.15, 0.2) is 0 Å². The maximum absolute atomic E-state index is 11.3. The number of benzene rings is 1. The van der Waals surface area contributed by atoms with Crippen molar-refractivity contribution in [2.24, 2.45) is 0 Å². The van der Waals surface area contributed by atoms with Gasteiger partial charge in [0.2, 0.25) is 0 Å². The molecule has 1 aromatic carbocycles. The summed E-state index contributed by atoms with van der Waals surface area (Å²) in [6.45, 7) is 0. The molecular weight excluding hydrogens is 231 g/mol. The van der Waals surface area contributed by atoms with E-state index in [-0.39, 0.29) is 25.8 Å². The molecule has 0 spiro atoms. The van der Waals surface area contributed by atoms with Gasteiger partial charge in [0.25, 0.3) is 7.41 Å². The molecule has 0 radical (unpaired) electrons. The largest absolute Gasteiger partial charge is 0.469 e. The summed E-state index contributed by atoms with van der Waals surface area (Å²) in [5, 5.41) is 3.00. The Labute approximate surface area is 107 Å². The van der Waals surface area contributed by atoms with Crippen LogP contribution in [0, 0.1) is 0 Å². The second kappa shape index (κ2) is 7.50. The molecule has 0 unspecified atom stereocenters. The minimum Gasteiger partial charge on any atom is -0.469 e. The molecule has 1 rings (SSSR count). The Morgan fingerprint density at radius 1 is 1.50 bits per heavy atom. The van der Waals surface area contributed by atoms with E-state index in [9.17, 15) is 9.59 Å². The number of rotatable bonds is 7. The van der Waals surface area contributed by atoms with E-state index in [1.165, 1.54) is 7.11 Å². The van der Waals surface area contributed by atoms with Crippen molar-refractivity contribution in [3.8, 4) is 0 Å². The number of hydrogen-bond donors (Lipinski definition) is 2. The summed E-state index contributed by atoms with van der Waals surface area (Å²) < 4.78 is 4.63. The van der Waals surface area contributed by atoms with Gasteiger partial charge >= 0.3 is 5.97 Å². The monoisotopic (exact) mass is 248 g/mol. The van der Waals surface area contributed by atoms with Crippen LogP contribution in [-0.4, -0.2) is 32.7 Å². The summed E-state index contributed by atoms with van der Waals surface area (Å²) in [6, 6.07) is 7.31. The Kier molecular flexibility index (Phi) is 5.94. The molecule has 0 bridgehead atoms. The van der Waals surface area contributed by atoms with Gasteiger partial charge in [0, 0.05) is 11.7 Å². The van der Waals surface area contributed by atoms with Crippen molar-refractivity contribution >= 4 is 25.3 Å². The fourth-order valence-electron chi connectivity index (χ4n) is 1.65. The van der Waals surface area contributed by atoms with Crippen LogP contribution in [0.25, 0.3) is 0 Å². The number of esters is 1. The zero-order chi connectivity index (χ0) is 13.4. The molecule has 0 saturated heterocycles. The normalized spacial score (nSPS) is 11.6. The van der Waals surface area contributed by atoms with Crippen LogP contribution in [0.15, 0.2) is 24.3 Å². The molecule has 96 valence electrons. The highest BCUT2D eigenvalue weighted by atomic mass is 16.5. The fraction of sp³-hybridized carbons (Fsp3) is 0.333. The molecule has 6 heteroatoms. The molecule has 1 aromatic rings. The first kappa shape index (κ1) is 14.2. The number of nitrogen functional groups attached to an aromatic ring is 1. The van der Waals surface area contributed by atoms with Gasteiger partial charge in [-0.15, -0.1) is 0 Å². The number of carbonyl (C=O) groups is 2. The topological polar surface area (TPSA) is 81.4 Å². The molecule has 3 N–H and O–H groups in total. The van der Waals surface area contributed by atoms with Crippen LogP contribution in [0.4, 0.5) is 5.69 Å². The quantitative estimate of drug-likeness (QED) is 0.304. The standard InChI is InChI=1S/C12H17BN2O3/c1-18-12(17)7-11(15-13-8-16)6-9-2-4-10(14)5-3-9/h2-5,8,11,13,15H,6-7,14H2,1H3/t11-/m0/s1. The highest BCUT2D eigenvalue weighted by Gasteiger charge is 2.14. The predicted molar refractivity (Wildman–Crippen MR) is 72.0 cm³/mol. The molecule has 0 saturated carbocycles. The number of anilines is 1. The lowest BCUT2D eigenvalue weighted by molar-refractivity contribution is -0.141. The van der Waals surface area contributed by atoms with Gasteiger partial charge in [0.05, 0.1) is 19.7 Å². The maximum Gasteiger partial charge on any atom is 0.307 e. The summed E-state index contributed by atoms with van der Waals surface area (Å²) >= 11 is 0. The van der Waals surface area contributed by atoms with Gasteiger partial charge in [-0.05, 0) is 24.1 Å². The smallest absolute Gasteiger partial charge is 0.307 e. The van der Waals surface area contributed by atoms with Crippen molar-refractivity contribution in [1.29, 1.82) is 0 Å². The van der Waals surface area contributed by atoms with E-state index in [2.05, 4.69) is 9.96 Å². The minimum absolute atomic E-state index is 0.119. The molecule has 0 aliphatic rings. The number of nitrogens with one attached hydrogen (secondary N) is 1. The Morgan fingerprint density at radius 3 is 2.72 bits per heavy atom. The molecule has 0 aliphatic carbocycles. The van der Waals surface area contributed by atoms with Crippen molar-refractivity contribution in [2.75, 3.05) is 12.8 Å². The van der Waals surface area contributed by atoms with Gasteiger partial charge < -0.3 is 20.5 Å². The summed E-state index contributed by atoms with van der Waals surface area (Å²) in [5.74, 6) is -0.297. The third-order valence-corrected chi connectivity index (χ3v) is 2.59. The first-order chi connectivity index (χ1) is 8.65. The summed E-state index contributed by atoms with van der Waals surface area (Å²) in [4.78, 5) is 21.6. The second-order valence-corrected chi connectivity index (χ2v) is 4.00. The lowest BCUT2D eigenvalue weighted by atomic mass is 9.92. The number of nitrogens with two attached hydrogens (primary N) is 1. The van der Waals surface area contributed by atoms with E-state index in [0.29, 0.717) is 12.1 Å².